The average Bonchev–Trinajstić information content (AvgIpc) is 3.09. The van der Waals surface area contributed by atoms with Gasteiger partial charge in [-0.25, -0.2) is 4.68 Å². The van der Waals surface area contributed by atoms with Crippen molar-refractivity contribution in [2.75, 3.05) is 20.1 Å². The van der Waals surface area contributed by atoms with E-state index < -0.39 is 0 Å². The number of nitrogens with one attached hydrogen (secondary N) is 1. The van der Waals surface area contributed by atoms with Crippen LogP contribution in [0.25, 0.3) is 6.08 Å². The van der Waals surface area contributed by atoms with Crippen molar-refractivity contribution in [3.63, 3.8) is 0 Å². The van der Waals surface area contributed by atoms with Crippen LogP contribution < -0.4 is 5.32 Å². The average molecular weight is 339 g/mol. The van der Waals surface area contributed by atoms with E-state index in [1.807, 2.05) is 41.0 Å². The van der Waals surface area contributed by atoms with Crippen LogP contribution in [0, 0.1) is 6.92 Å². The van der Waals surface area contributed by atoms with Crippen molar-refractivity contribution < 1.29 is 4.79 Å². The van der Waals surface area contributed by atoms with Crippen molar-refractivity contribution >= 4 is 12.0 Å². The van der Waals surface area contributed by atoms with Crippen molar-refractivity contribution in [3.05, 3.63) is 53.4 Å². The summed E-state index contributed by atoms with van der Waals surface area (Å²) in [6.45, 7) is 4.28. The van der Waals surface area contributed by atoms with Crippen LogP contribution in [0.4, 0.5) is 0 Å². The molecule has 2 aromatic rings. The van der Waals surface area contributed by atoms with Crippen molar-refractivity contribution in [3.8, 4) is 0 Å². The van der Waals surface area contributed by atoms with E-state index in [9.17, 15) is 4.79 Å². The Balaban J connectivity index is 1.53. The van der Waals surface area contributed by atoms with Gasteiger partial charge < -0.3 is 10.2 Å². The minimum Gasteiger partial charge on any atom is -0.339 e. The molecule has 1 aromatic heterocycles. The first-order valence-electron chi connectivity index (χ1n) is 8.74. The number of nitrogens with zero attached hydrogens (tertiary/aromatic N) is 4. The Bertz CT molecular complexity index is 744. The Kier molecular flexibility index (Phi) is 5.60. The van der Waals surface area contributed by atoms with Crippen LogP contribution in [0.1, 0.15) is 35.7 Å². The van der Waals surface area contributed by atoms with Gasteiger partial charge in [0.05, 0.1) is 17.9 Å². The molecule has 1 amide bonds. The summed E-state index contributed by atoms with van der Waals surface area (Å²) < 4.78 is 1.94. The van der Waals surface area contributed by atoms with E-state index in [1.165, 1.54) is 5.56 Å². The number of likely N-dealkylation sites (tertiary alicyclic amines) is 1. The number of rotatable bonds is 5. The van der Waals surface area contributed by atoms with Gasteiger partial charge in [0, 0.05) is 25.7 Å². The highest BCUT2D eigenvalue weighted by Gasteiger charge is 2.23. The first-order valence-corrected chi connectivity index (χ1v) is 8.74. The fraction of sp³-hybridized carbons (Fsp3) is 0.421. The summed E-state index contributed by atoms with van der Waals surface area (Å²) in [7, 11) is 1.90. The molecule has 1 aromatic carbocycles. The lowest BCUT2D eigenvalue weighted by Gasteiger charge is -2.31. The summed E-state index contributed by atoms with van der Waals surface area (Å²) in [5.41, 5.74) is 3.20. The van der Waals surface area contributed by atoms with Gasteiger partial charge in [-0.2, -0.15) is 0 Å². The normalized spacial score (nSPS) is 15.8. The van der Waals surface area contributed by atoms with E-state index in [0.29, 0.717) is 6.04 Å². The summed E-state index contributed by atoms with van der Waals surface area (Å²) >= 11 is 0. The number of piperidine rings is 1. The zero-order valence-corrected chi connectivity index (χ0v) is 14.9. The van der Waals surface area contributed by atoms with Crippen LogP contribution in [0.3, 0.4) is 0 Å². The Hall–Kier alpha value is -2.47. The topological polar surface area (TPSA) is 63.1 Å². The molecule has 0 bridgehead atoms. The molecule has 1 aliphatic rings. The second-order valence-corrected chi connectivity index (χ2v) is 6.52. The zero-order chi connectivity index (χ0) is 17.6. The molecule has 0 spiro atoms. The van der Waals surface area contributed by atoms with E-state index >= 15 is 0 Å². The minimum atomic E-state index is 0.0782. The first kappa shape index (κ1) is 17.4. The summed E-state index contributed by atoms with van der Waals surface area (Å²) in [6, 6.07) is 8.46. The van der Waals surface area contributed by atoms with Crippen LogP contribution in [-0.4, -0.2) is 45.9 Å². The third kappa shape index (κ3) is 4.54. The molecule has 1 aliphatic heterocycles. The van der Waals surface area contributed by atoms with Gasteiger partial charge in [-0.15, -0.1) is 5.10 Å². The number of hydrogen-bond acceptors (Lipinski definition) is 4. The van der Waals surface area contributed by atoms with E-state index in [-0.39, 0.29) is 5.91 Å². The van der Waals surface area contributed by atoms with E-state index in [0.717, 1.165) is 43.7 Å². The van der Waals surface area contributed by atoms with Gasteiger partial charge in [0.25, 0.3) is 0 Å². The molecule has 0 saturated carbocycles. The SMILES string of the molecule is CNCc1cn(C2CCN(C(=O)/C=C/c3cccc(C)c3)CC2)nn1. The van der Waals surface area contributed by atoms with Gasteiger partial charge in [-0.1, -0.05) is 35.0 Å². The summed E-state index contributed by atoms with van der Waals surface area (Å²) in [4.78, 5) is 14.3. The van der Waals surface area contributed by atoms with Crippen LogP contribution in [0.2, 0.25) is 0 Å². The molecule has 6 heteroatoms. The lowest BCUT2D eigenvalue weighted by molar-refractivity contribution is -0.127. The number of carbonyl (C=O) groups excluding carboxylic acids is 1. The van der Waals surface area contributed by atoms with Crippen LogP contribution in [0.5, 0.6) is 0 Å². The second kappa shape index (κ2) is 8.07. The molecule has 1 fully saturated rings. The Morgan fingerprint density at radius 3 is 2.88 bits per heavy atom. The number of carbonyl (C=O) groups is 1. The molecule has 6 nitrogen and oxygen atoms in total. The van der Waals surface area contributed by atoms with Gasteiger partial charge in [0.15, 0.2) is 0 Å². The molecular weight excluding hydrogens is 314 g/mol. The van der Waals surface area contributed by atoms with Gasteiger partial charge in [0.1, 0.15) is 0 Å². The largest absolute Gasteiger partial charge is 0.339 e. The van der Waals surface area contributed by atoms with Crippen molar-refractivity contribution in [1.82, 2.24) is 25.2 Å². The number of hydrogen-bond donors (Lipinski definition) is 1. The number of benzene rings is 1. The first-order chi connectivity index (χ1) is 12.2. The zero-order valence-electron chi connectivity index (χ0n) is 14.9. The molecule has 1 N–H and O–H groups in total. The van der Waals surface area contributed by atoms with E-state index in [4.69, 9.17) is 0 Å². The van der Waals surface area contributed by atoms with Crippen LogP contribution in [0.15, 0.2) is 36.5 Å². The number of amides is 1. The van der Waals surface area contributed by atoms with E-state index in [1.54, 1.807) is 6.08 Å². The highest BCUT2D eigenvalue weighted by atomic mass is 16.2. The maximum Gasteiger partial charge on any atom is 0.246 e. The molecule has 25 heavy (non-hydrogen) atoms. The lowest BCUT2D eigenvalue weighted by Crippen LogP contribution is -2.38. The monoisotopic (exact) mass is 339 g/mol. The fourth-order valence-electron chi connectivity index (χ4n) is 3.15. The lowest BCUT2D eigenvalue weighted by atomic mass is 10.0. The number of aryl methyl sites for hydroxylation is 1. The smallest absolute Gasteiger partial charge is 0.246 e. The molecule has 3 rings (SSSR count). The van der Waals surface area contributed by atoms with Crippen LogP contribution >= 0.6 is 0 Å². The van der Waals surface area contributed by atoms with Crippen LogP contribution in [-0.2, 0) is 11.3 Å². The molecule has 0 atom stereocenters. The summed E-state index contributed by atoms with van der Waals surface area (Å²) in [6.07, 6.45) is 7.38. The maximum absolute atomic E-state index is 12.4. The highest BCUT2D eigenvalue weighted by molar-refractivity contribution is 5.91. The third-order valence-corrected chi connectivity index (χ3v) is 4.53. The van der Waals surface area contributed by atoms with Gasteiger partial charge in [0.2, 0.25) is 5.91 Å². The Labute approximate surface area is 148 Å². The van der Waals surface area contributed by atoms with E-state index in [2.05, 4.69) is 34.7 Å². The highest BCUT2D eigenvalue weighted by Crippen LogP contribution is 2.22. The molecule has 0 unspecified atom stereocenters. The van der Waals surface area contributed by atoms with Crippen molar-refractivity contribution in [2.24, 2.45) is 0 Å². The maximum atomic E-state index is 12.4. The third-order valence-electron chi connectivity index (χ3n) is 4.53. The minimum absolute atomic E-state index is 0.0782. The standard InChI is InChI=1S/C19H25N5O/c1-15-4-3-5-16(12-15)6-7-19(25)23-10-8-18(9-11-23)24-14-17(13-20-2)21-22-24/h3-7,12,14,18,20H,8-11,13H2,1-2H3/b7-6+. The second-order valence-electron chi connectivity index (χ2n) is 6.52. The quantitative estimate of drug-likeness (QED) is 0.848. The van der Waals surface area contributed by atoms with Gasteiger partial charge >= 0.3 is 0 Å². The molecule has 0 radical (unpaired) electrons. The molecule has 0 aliphatic carbocycles. The molecule has 2 heterocycles. The van der Waals surface area contributed by atoms with Crippen molar-refractivity contribution in [1.29, 1.82) is 0 Å². The van der Waals surface area contributed by atoms with Gasteiger partial charge in [-0.3, -0.25) is 4.79 Å². The predicted molar refractivity (Wildman–Crippen MR) is 97.8 cm³/mol. The predicted octanol–water partition coefficient (Wildman–Crippen LogP) is 2.18. The Morgan fingerprint density at radius 1 is 1.36 bits per heavy atom. The van der Waals surface area contributed by atoms with Gasteiger partial charge in [-0.05, 0) is 38.5 Å². The fourth-order valence-corrected chi connectivity index (χ4v) is 3.15. The molecule has 1 saturated heterocycles. The number of aromatic nitrogens is 3. The Morgan fingerprint density at radius 2 is 2.16 bits per heavy atom. The molecule has 132 valence electrons. The summed E-state index contributed by atoms with van der Waals surface area (Å²) in [5, 5.41) is 11.5. The molecular formula is C19H25N5O. The summed E-state index contributed by atoms with van der Waals surface area (Å²) in [5.74, 6) is 0.0782. The van der Waals surface area contributed by atoms with Crippen molar-refractivity contribution in [2.45, 2.75) is 32.4 Å².